The van der Waals surface area contributed by atoms with Crippen LogP contribution in [0.4, 0.5) is 19.3 Å². The Kier molecular flexibility index (Phi) is 5.76. The number of urea groups is 1. The molecule has 94 valence electrons. The van der Waals surface area contributed by atoms with Gasteiger partial charge in [-0.15, -0.1) is 0 Å². The average molecular weight is 260 g/mol. The van der Waals surface area contributed by atoms with Gasteiger partial charge in [0, 0.05) is 11.8 Å². The minimum absolute atomic E-state index is 0.0417. The maximum Gasteiger partial charge on any atom is 0.329 e. The molecule has 1 aromatic carbocycles. The Hall–Kier alpha value is -1.30. The molecule has 2 amide bonds. The molecule has 0 fully saturated rings. The Labute approximate surface area is 103 Å². The molecule has 0 aromatic heterocycles. The lowest BCUT2D eigenvalue weighted by molar-refractivity contribution is 0.257. The summed E-state index contributed by atoms with van der Waals surface area (Å²) in [7, 11) is 0. The zero-order chi connectivity index (χ0) is 12.7. The van der Waals surface area contributed by atoms with E-state index in [0.29, 0.717) is 0 Å². The highest BCUT2D eigenvalue weighted by molar-refractivity contribution is 7.97. The second-order valence-electron chi connectivity index (χ2n) is 3.38. The normalized spacial score (nSPS) is 10.1. The van der Waals surface area contributed by atoms with Crippen molar-refractivity contribution in [3.05, 3.63) is 29.8 Å². The number of halogens is 2. The molecule has 2 N–H and O–H groups in total. The lowest BCUT2D eigenvalue weighted by Crippen LogP contribution is -2.23. The van der Waals surface area contributed by atoms with Crippen LogP contribution < -0.4 is 10.0 Å². The van der Waals surface area contributed by atoms with Gasteiger partial charge in [0.05, 0.1) is 5.69 Å². The third kappa shape index (κ3) is 5.04. The number of unbranched alkanes of at least 4 members (excludes halogenated alkanes) is 1. The van der Waals surface area contributed by atoms with E-state index in [1.165, 1.54) is 18.0 Å². The van der Waals surface area contributed by atoms with Crippen molar-refractivity contribution in [1.29, 1.82) is 0 Å². The monoisotopic (exact) mass is 260 g/mol. The Morgan fingerprint density at radius 2 is 2.18 bits per heavy atom. The molecule has 3 nitrogen and oxygen atoms in total. The van der Waals surface area contributed by atoms with Crippen LogP contribution in [0.5, 0.6) is 0 Å². The van der Waals surface area contributed by atoms with Gasteiger partial charge in [0.15, 0.2) is 0 Å². The van der Waals surface area contributed by atoms with Crippen molar-refractivity contribution in [2.45, 2.75) is 19.8 Å². The second kappa shape index (κ2) is 7.11. The molecule has 0 aliphatic heterocycles. The first kappa shape index (κ1) is 13.8. The van der Waals surface area contributed by atoms with Crippen LogP contribution in [0.25, 0.3) is 0 Å². The number of nitrogens with one attached hydrogen (secondary N) is 2. The van der Waals surface area contributed by atoms with E-state index in [1.807, 2.05) is 0 Å². The van der Waals surface area contributed by atoms with Crippen LogP contribution in [0.3, 0.4) is 0 Å². The maximum absolute atomic E-state index is 13.2. The standard InChI is InChI=1S/C11H14F2N2OS/c1-2-3-6-17-15-11(16)14-10-5-4-8(12)7-9(10)13/h4-5,7H,2-3,6H2,1H3,(H2,14,15,16). The Bertz CT molecular complexity index is 388. The van der Waals surface area contributed by atoms with E-state index in [9.17, 15) is 13.6 Å². The molecule has 6 heteroatoms. The highest BCUT2D eigenvalue weighted by atomic mass is 32.2. The van der Waals surface area contributed by atoms with Crippen molar-refractivity contribution in [2.24, 2.45) is 0 Å². The van der Waals surface area contributed by atoms with Crippen molar-refractivity contribution in [2.75, 3.05) is 11.1 Å². The summed E-state index contributed by atoms with van der Waals surface area (Å²) in [5, 5.41) is 2.30. The smallest absolute Gasteiger partial charge is 0.305 e. The Morgan fingerprint density at radius 3 is 2.82 bits per heavy atom. The second-order valence-corrected chi connectivity index (χ2v) is 4.28. The minimum atomic E-state index is -0.793. The lowest BCUT2D eigenvalue weighted by Gasteiger charge is -2.07. The Morgan fingerprint density at radius 1 is 1.41 bits per heavy atom. The van der Waals surface area contributed by atoms with Crippen molar-refractivity contribution in [3.8, 4) is 0 Å². The van der Waals surface area contributed by atoms with E-state index in [2.05, 4.69) is 17.0 Å². The van der Waals surface area contributed by atoms with Gasteiger partial charge in [0.2, 0.25) is 0 Å². The number of hydrogen-bond acceptors (Lipinski definition) is 2. The van der Waals surface area contributed by atoms with Gasteiger partial charge in [0.1, 0.15) is 11.6 Å². The first-order chi connectivity index (χ1) is 8.13. The molecule has 0 radical (unpaired) electrons. The molecule has 0 heterocycles. The van der Waals surface area contributed by atoms with Gasteiger partial charge in [-0.1, -0.05) is 13.3 Å². The molecule has 0 bridgehead atoms. The van der Waals surface area contributed by atoms with Gasteiger partial charge in [-0.3, -0.25) is 4.72 Å². The summed E-state index contributed by atoms with van der Waals surface area (Å²) in [5.74, 6) is -0.667. The van der Waals surface area contributed by atoms with Crippen molar-refractivity contribution >= 4 is 23.7 Å². The zero-order valence-corrected chi connectivity index (χ0v) is 10.2. The number of carbonyl (C=O) groups is 1. The molecule has 0 aliphatic rings. The van der Waals surface area contributed by atoms with Crippen molar-refractivity contribution in [1.82, 2.24) is 4.72 Å². The predicted molar refractivity (Wildman–Crippen MR) is 65.9 cm³/mol. The number of anilines is 1. The highest BCUT2D eigenvalue weighted by Gasteiger charge is 2.07. The molecule has 1 rings (SSSR count). The van der Waals surface area contributed by atoms with Crippen LogP contribution in [0, 0.1) is 11.6 Å². The van der Waals surface area contributed by atoms with Gasteiger partial charge < -0.3 is 5.32 Å². The lowest BCUT2D eigenvalue weighted by atomic mass is 10.3. The van der Waals surface area contributed by atoms with E-state index < -0.39 is 17.7 Å². The van der Waals surface area contributed by atoms with Crippen LogP contribution in [-0.2, 0) is 0 Å². The van der Waals surface area contributed by atoms with Crippen LogP contribution in [-0.4, -0.2) is 11.8 Å². The molecule has 0 saturated carbocycles. The molecule has 0 unspecified atom stereocenters. The maximum atomic E-state index is 13.2. The summed E-state index contributed by atoms with van der Waals surface area (Å²) in [4.78, 5) is 11.3. The predicted octanol–water partition coefficient (Wildman–Crippen LogP) is 3.53. The topological polar surface area (TPSA) is 41.1 Å². The van der Waals surface area contributed by atoms with Crippen LogP contribution in [0.1, 0.15) is 19.8 Å². The van der Waals surface area contributed by atoms with Crippen LogP contribution >= 0.6 is 11.9 Å². The highest BCUT2D eigenvalue weighted by Crippen LogP contribution is 2.14. The molecule has 1 aromatic rings. The minimum Gasteiger partial charge on any atom is -0.305 e. The van der Waals surface area contributed by atoms with E-state index in [1.54, 1.807) is 0 Å². The SMILES string of the molecule is CCCCSNC(=O)Nc1ccc(F)cc1F. The summed E-state index contributed by atoms with van der Waals surface area (Å²) >= 11 is 1.26. The van der Waals surface area contributed by atoms with Crippen LogP contribution in [0.2, 0.25) is 0 Å². The largest absolute Gasteiger partial charge is 0.329 e. The third-order valence-electron chi connectivity index (χ3n) is 1.94. The summed E-state index contributed by atoms with van der Waals surface area (Å²) in [5.41, 5.74) is -0.0417. The van der Waals surface area contributed by atoms with E-state index >= 15 is 0 Å². The molecule has 0 saturated heterocycles. The van der Waals surface area contributed by atoms with Crippen LogP contribution in [0.15, 0.2) is 18.2 Å². The van der Waals surface area contributed by atoms with Crippen molar-refractivity contribution < 1.29 is 13.6 Å². The number of hydrogen-bond donors (Lipinski definition) is 2. The van der Waals surface area contributed by atoms with Gasteiger partial charge in [-0.25, -0.2) is 13.6 Å². The van der Waals surface area contributed by atoms with E-state index in [4.69, 9.17) is 0 Å². The molecule has 17 heavy (non-hydrogen) atoms. The molecular weight excluding hydrogens is 246 g/mol. The third-order valence-corrected chi connectivity index (χ3v) is 2.77. The summed E-state index contributed by atoms with van der Waals surface area (Å²) < 4.78 is 28.3. The number of amides is 2. The first-order valence-corrected chi connectivity index (χ1v) is 6.26. The molecule has 0 spiro atoms. The summed E-state index contributed by atoms with van der Waals surface area (Å²) in [6, 6.07) is 2.47. The van der Waals surface area contributed by atoms with Gasteiger partial charge in [-0.05, 0) is 30.5 Å². The fourth-order valence-electron chi connectivity index (χ4n) is 1.07. The Balaban J connectivity index is 2.40. The number of carbonyl (C=O) groups excluding carboxylic acids is 1. The number of rotatable bonds is 5. The fourth-order valence-corrected chi connectivity index (χ4v) is 1.79. The van der Waals surface area contributed by atoms with Gasteiger partial charge in [-0.2, -0.15) is 0 Å². The fraction of sp³-hybridized carbons (Fsp3) is 0.364. The van der Waals surface area contributed by atoms with E-state index in [0.717, 1.165) is 30.7 Å². The average Bonchev–Trinajstić information content (AvgIpc) is 2.28. The van der Waals surface area contributed by atoms with Crippen molar-refractivity contribution in [3.63, 3.8) is 0 Å². The first-order valence-electron chi connectivity index (χ1n) is 5.27. The summed E-state index contributed by atoms with van der Waals surface area (Å²) in [6.45, 7) is 2.05. The quantitative estimate of drug-likeness (QED) is 0.628. The molecule has 0 aliphatic carbocycles. The van der Waals surface area contributed by atoms with Gasteiger partial charge in [0.25, 0.3) is 0 Å². The molecular formula is C11H14F2N2OS. The van der Waals surface area contributed by atoms with Gasteiger partial charge >= 0.3 is 6.03 Å². The number of benzene rings is 1. The zero-order valence-electron chi connectivity index (χ0n) is 9.43. The molecule has 0 atom stereocenters. The van der Waals surface area contributed by atoms with E-state index in [-0.39, 0.29) is 5.69 Å². The summed E-state index contributed by atoms with van der Waals surface area (Å²) in [6.07, 6.45) is 2.04.